The van der Waals surface area contributed by atoms with Crippen molar-refractivity contribution in [3.05, 3.63) is 56.7 Å². The van der Waals surface area contributed by atoms with Gasteiger partial charge < -0.3 is 5.32 Å². The average molecular weight is 389 g/mol. The van der Waals surface area contributed by atoms with Gasteiger partial charge in [-0.1, -0.05) is 29.3 Å². The normalized spacial score (nSPS) is 17.8. The molecule has 1 aliphatic heterocycles. The molecule has 8 heteroatoms. The summed E-state index contributed by atoms with van der Waals surface area (Å²) in [7, 11) is 0. The lowest BCUT2D eigenvalue weighted by molar-refractivity contribution is -0.115. The van der Waals surface area contributed by atoms with E-state index in [4.69, 9.17) is 11.6 Å². The number of amidine groups is 1. The molecule has 0 radical (unpaired) electrons. The van der Waals surface area contributed by atoms with Crippen LogP contribution >= 0.6 is 34.7 Å². The maximum atomic E-state index is 12.3. The number of nitrogens with zero attached hydrogens (tertiary/aromatic N) is 3. The van der Waals surface area contributed by atoms with Crippen LogP contribution in [0.3, 0.4) is 0 Å². The molecule has 126 valence electrons. The highest BCUT2D eigenvalue weighted by atomic mass is 35.5. The first kappa shape index (κ1) is 16.4. The van der Waals surface area contributed by atoms with E-state index in [2.05, 4.69) is 21.4 Å². The molecule has 0 saturated carbocycles. The molecule has 1 fully saturated rings. The van der Waals surface area contributed by atoms with Crippen LogP contribution in [0, 0.1) is 13.8 Å². The van der Waals surface area contributed by atoms with Crippen LogP contribution in [0.15, 0.2) is 39.7 Å². The van der Waals surface area contributed by atoms with Crippen LogP contribution in [0.5, 0.6) is 0 Å². The maximum Gasteiger partial charge on any atom is 0.264 e. The molecule has 1 saturated heterocycles. The van der Waals surface area contributed by atoms with Crippen LogP contribution < -0.4 is 5.32 Å². The van der Waals surface area contributed by atoms with E-state index in [1.165, 1.54) is 28.7 Å². The number of halogens is 1. The topological polar surface area (TPSA) is 58.8 Å². The van der Waals surface area contributed by atoms with Crippen molar-refractivity contribution in [3.8, 4) is 0 Å². The summed E-state index contributed by atoms with van der Waals surface area (Å²) in [5.41, 5.74) is 3.79. The first-order valence-corrected chi connectivity index (χ1v) is 9.56. The number of imidazole rings is 1. The number of amides is 1. The van der Waals surface area contributed by atoms with Gasteiger partial charge in [0.25, 0.3) is 5.91 Å². The standard InChI is InChI=1S/C17H13ClN4OS2/c1-9-3-4-11(10(2)7-9)19-16-21-15(23)13(25-16)8-12-14(18)20-17-22(12)5-6-24-17/h3-8H,1-2H3,(H,19,21,23)/b13-8+. The van der Waals surface area contributed by atoms with Crippen LogP contribution in [-0.4, -0.2) is 20.5 Å². The first-order valence-electron chi connectivity index (χ1n) is 7.49. The molecule has 1 aliphatic rings. The van der Waals surface area contributed by atoms with Crippen molar-refractivity contribution < 1.29 is 4.79 Å². The number of nitrogens with one attached hydrogen (secondary N) is 1. The van der Waals surface area contributed by atoms with Crippen molar-refractivity contribution in [2.24, 2.45) is 4.99 Å². The molecule has 25 heavy (non-hydrogen) atoms. The quantitative estimate of drug-likeness (QED) is 0.655. The van der Waals surface area contributed by atoms with Gasteiger partial charge in [0.15, 0.2) is 15.3 Å². The van der Waals surface area contributed by atoms with E-state index in [1.54, 1.807) is 6.08 Å². The van der Waals surface area contributed by atoms with E-state index in [-0.39, 0.29) is 5.91 Å². The van der Waals surface area contributed by atoms with Crippen molar-refractivity contribution in [1.29, 1.82) is 0 Å². The molecule has 0 atom stereocenters. The van der Waals surface area contributed by atoms with Gasteiger partial charge in [0.2, 0.25) is 0 Å². The molecule has 3 aromatic rings. The number of aryl methyl sites for hydroxylation is 2. The zero-order chi connectivity index (χ0) is 17.6. The Labute approximate surface area is 157 Å². The highest BCUT2D eigenvalue weighted by Gasteiger charge is 2.25. The second kappa shape index (κ2) is 6.33. The fourth-order valence-electron chi connectivity index (χ4n) is 2.55. The lowest BCUT2D eigenvalue weighted by Gasteiger charge is -2.02. The van der Waals surface area contributed by atoms with E-state index in [0.717, 1.165) is 16.2 Å². The fraction of sp³-hybridized carbons (Fsp3) is 0.118. The summed E-state index contributed by atoms with van der Waals surface area (Å²) in [6.45, 7) is 4.04. The molecule has 1 amide bonds. The Balaban J connectivity index is 1.67. The predicted molar refractivity (Wildman–Crippen MR) is 105 cm³/mol. The number of carbonyl (C=O) groups is 1. The van der Waals surface area contributed by atoms with Crippen LogP contribution in [0.2, 0.25) is 5.15 Å². The number of aliphatic imine (C=N–C) groups is 1. The Kier molecular flexibility index (Phi) is 4.15. The van der Waals surface area contributed by atoms with E-state index in [0.29, 0.717) is 20.9 Å². The molecule has 0 aliphatic carbocycles. The van der Waals surface area contributed by atoms with E-state index < -0.39 is 0 Å². The Morgan fingerprint density at radius 1 is 1.36 bits per heavy atom. The molecule has 0 unspecified atom stereocenters. The highest BCUT2D eigenvalue weighted by Crippen LogP contribution is 2.31. The summed E-state index contributed by atoms with van der Waals surface area (Å²) >= 11 is 8.99. The summed E-state index contributed by atoms with van der Waals surface area (Å²) in [5, 5.41) is 5.67. The molecule has 2 aromatic heterocycles. The number of hydrogen-bond acceptors (Lipinski definition) is 5. The van der Waals surface area contributed by atoms with Crippen molar-refractivity contribution >= 4 is 62.5 Å². The summed E-state index contributed by atoms with van der Waals surface area (Å²) < 4.78 is 1.87. The molecule has 1 N–H and O–H groups in total. The zero-order valence-corrected chi connectivity index (χ0v) is 15.8. The number of benzene rings is 1. The minimum Gasteiger partial charge on any atom is -0.300 e. The number of rotatable bonds is 2. The largest absolute Gasteiger partial charge is 0.300 e. The summed E-state index contributed by atoms with van der Waals surface area (Å²) in [5.74, 6) is -0.185. The van der Waals surface area contributed by atoms with Crippen LogP contribution in [0.4, 0.5) is 5.69 Å². The molecule has 5 nitrogen and oxygen atoms in total. The molecule has 1 aromatic carbocycles. The number of thiazole rings is 1. The molecular weight excluding hydrogens is 376 g/mol. The van der Waals surface area contributed by atoms with Gasteiger partial charge in [-0.15, -0.1) is 11.3 Å². The van der Waals surface area contributed by atoms with E-state index in [9.17, 15) is 4.79 Å². The van der Waals surface area contributed by atoms with Gasteiger partial charge in [0.1, 0.15) is 0 Å². The van der Waals surface area contributed by atoms with Crippen molar-refractivity contribution in [2.75, 3.05) is 0 Å². The van der Waals surface area contributed by atoms with Gasteiger partial charge in [-0.3, -0.25) is 9.20 Å². The van der Waals surface area contributed by atoms with Gasteiger partial charge in [0, 0.05) is 11.6 Å². The Bertz CT molecular complexity index is 1060. The van der Waals surface area contributed by atoms with Crippen LogP contribution in [-0.2, 0) is 4.79 Å². The predicted octanol–water partition coefficient (Wildman–Crippen LogP) is 4.56. The Morgan fingerprint density at radius 3 is 3.00 bits per heavy atom. The number of carbonyl (C=O) groups excluding carboxylic acids is 1. The Morgan fingerprint density at radius 2 is 2.20 bits per heavy atom. The van der Waals surface area contributed by atoms with E-state index >= 15 is 0 Å². The SMILES string of the molecule is Cc1ccc(N=C2NC(=O)/C(=C\c3c(Cl)nc4sccn34)S2)c(C)c1. The van der Waals surface area contributed by atoms with Crippen molar-refractivity contribution in [3.63, 3.8) is 0 Å². The Hall–Kier alpha value is -2.09. The second-order valence-corrected chi connectivity index (χ2v) is 7.88. The smallest absolute Gasteiger partial charge is 0.264 e. The molecule has 0 spiro atoms. The molecule has 4 rings (SSSR count). The summed E-state index contributed by atoms with van der Waals surface area (Å²) in [6, 6.07) is 6.02. The van der Waals surface area contributed by atoms with Gasteiger partial charge in [-0.05, 0) is 43.3 Å². The minimum absolute atomic E-state index is 0.185. The lowest BCUT2D eigenvalue weighted by atomic mass is 10.1. The van der Waals surface area contributed by atoms with Crippen LogP contribution in [0.25, 0.3) is 11.0 Å². The maximum absolute atomic E-state index is 12.3. The molecule has 0 bridgehead atoms. The third kappa shape index (κ3) is 3.10. The van der Waals surface area contributed by atoms with Gasteiger partial charge in [0.05, 0.1) is 16.3 Å². The highest BCUT2D eigenvalue weighted by molar-refractivity contribution is 8.18. The third-order valence-corrected chi connectivity index (χ3v) is 5.69. The van der Waals surface area contributed by atoms with E-state index in [1.807, 2.05) is 42.0 Å². The molecule has 3 heterocycles. The number of fused-ring (bicyclic) bond motifs is 1. The fourth-order valence-corrected chi connectivity index (χ4v) is 4.36. The second-order valence-electron chi connectivity index (χ2n) is 5.62. The molecular formula is C17H13ClN4OS2. The van der Waals surface area contributed by atoms with Gasteiger partial charge >= 0.3 is 0 Å². The van der Waals surface area contributed by atoms with Gasteiger partial charge in [-0.25, -0.2) is 9.98 Å². The number of thioether (sulfide) groups is 1. The van der Waals surface area contributed by atoms with Crippen molar-refractivity contribution in [2.45, 2.75) is 13.8 Å². The van der Waals surface area contributed by atoms with Crippen molar-refractivity contribution in [1.82, 2.24) is 14.7 Å². The number of aromatic nitrogens is 2. The first-order chi connectivity index (χ1) is 12.0. The summed E-state index contributed by atoms with van der Waals surface area (Å²) in [4.78, 5) is 22.4. The third-order valence-electron chi connectivity index (χ3n) is 3.75. The minimum atomic E-state index is -0.185. The van der Waals surface area contributed by atoms with Crippen LogP contribution in [0.1, 0.15) is 16.8 Å². The zero-order valence-electron chi connectivity index (χ0n) is 13.4. The number of hydrogen-bond donors (Lipinski definition) is 1. The summed E-state index contributed by atoms with van der Waals surface area (Å²) in [6.07, 6.45) is 3.63. The van der Waals surface area contributed by atoms with Gasteiger partial charge in [-0.2, -0.15) is 0 Å². The average Bonchev–Trinajstić information content (AvgIpc) is 3.21. The lowest BCUT2D eigenvalue weighted by Crippen LogP contribution is -2.19. The monoisotopic (exact) mass is 388 g/mol.